The summed E-state index contributed by atoms with van der Waals surface area (Å²) in [6.07, 6.45) is 7.93. The van der Waals surface area contributed by atoms with Crippen LogP contribution in [0.25, 0.3) is 0 Å². The number of methoxy groups -OCH3 is 1. The van der Waals surface area contributed by atoms with Crippen LogP contribution in [0.15, 0.2) is 24.5 Å². The minimum Gasteiger partial charge on any atom is -0.378 e. The van der Waals surface area contributed by atoms with E-state index in [1.807, 2.05) is 17.0 Å². The average molecular weight is 291 g/mol. The summed E-state index contributed by atoms with van der Waals surface area (Å²) in [4.78, 5) is 18.6. The Bertz CT molecular complexity index is 441. The first-order chi connectivity index (χ1) is 10.2. The number of carbonyl (C=O) groups is 1. The van der Waals surface area contributed by atoms with Crippen molar-refractivity contribution in [1.29, 1.82) is 0 Å². The third kappa shape index (κ3) is 4.25. The van der Waals surface area contributed by atoms with Crippen LogP contribution in [0, 0.1) is 0 Å². The first-order valence-electron chi connectivity index (χ1n) is 7.61. The summed E-state index contributed by atoms with van der Waals surface area (Å²) in [6, 6.07) is 3.88. The van der Waals surface area contributed by atoms with Gasteiger partial charge in [-0.05, 0) is 43.9 Å². The fourth-order valence-corrected chi connectivity index (χ4v) is 2.70. The molecule has 0 saturated heterocycles. The zero-order chi connectivity index (χ0) is 15.1. The molecule has 1 aromatic rings. The van der Waals surface area contributed by atoms with E-state index >= 15 is 0 Å². The third-order valence-electron chi connectivity index (χ3n) is 4.25. The average Bonchev–Trinajstić information content (AvgIpc) is 2.48. The zero-order valence-corrected chi connectivity index (χ0v) is 12.8. The molecule has 21 heavy (non-hydrogen) atoms. The summed E-state index contributed by atoms with van der Waals surface area (Å²) in [5, 5.41) is 0. The van der Waals surface area contributed by atoms with E-state index in [0.717, 1.165) is 31.2 Å². The molecule has 1 aliphatic rings. The van der Waals surface area contributed by atoms with Crippen LogP contribution in [0.2, 0.25) is 0 Å². The van der Waals surface area contributed by atoms with E-state index in [1.165, 1.54) is 0 Å². The van der Waals surface area contributed by atoms with E-state index in [1.54, 1.807) is 19.5 Å². The Morgan fingerprint density at radius 2 is 2.33 bits per heavy atom. The molecular formula is C16H25N3O2. The Labute approximate surface area is 126 Å². The topological polar surface area (TPSA) is 68.5 Å². The van der Waals surface area contributed by atoms with Crippen molar-refractivity contribution >= 4 is 5.91 Å². The van der Waals surface area contributed by atoms with Crippen LogP contribution in [0.3, 0.4) is 0 Å². The van der Waals surface area contributed by atoms with Gasteiger partial charge in [-0.2, -0.15) is 0 Å². The van der Waals surface area contributed by atoms with Crippen LogP contribution in [0.5, 0.6) is 0 Å². The van der Waals surface area contributed by atoms with E-state index < -0.39 is 0 Å². The Kier molecular flexibility index (Phi) is 5.70. The molecule has 2 rings (SSSR count). The van der Waals surface area contributed by atoms with Gasteiger partial charge < -0.3 is 15.4 Å². The molecule has 2 N–H and O–H groups in total. The van der Waals surface area contributed by atoms with Gasteiger partial charge in [-0.15, -0.1) is 0 Å². The zero-order valence-electron chi connectivity index (χ0n) is 12.8. The molecule has 0 unspecified atom stereocenters. The number of hydrogen-bond donors (Lipinski definition) is 1. The lowest BCUT2D eigenvalue weighted by molar-refractivity contribution is -0.144. The maximum atomic E-state index is 12.6. The number of hydrogen-bond acceptors (Lipinski definition) is 4. The lowest BCUT2D eigenvalue weighted by atomic mass is 9.77. The monoisotopic (exact) mass is 291 g/mol. The summed E-state index contributed by atoms with van der Waals surface area (Å²) in [7, 11) is 1.71. The van der Waals surface area contributed by atoms with Crippen molar-refractivity contribution in [2.75, 3.05) is 20.2 Å². The van der Waals surface area contributed by atoms with Crippen LogP contribution in [0.1, 0.15) is 37.7 Å². The van der Waals surface area contributed by atoms with Crippen molar-refractivity contribution < 1.29 is 9.53 Å². The highest BCUT2D eigenvalue weighted by Gasteiger charge is 2.39. The highest BCUT2D eigenvalue weighted by atomic mass is 16.5. The van der Waals surface area contributed by atoms with Crippen molar-refractivity contribution in [3.63, 3.8) is 0 Å². The van der Waals surface area contributed by atoms with Gasteiger partial charge in [0.15, 0.2) is 0 Å². The van der Waals surface area contributed by atoms with Gasteiger partial charge in [0.1, 0.15) is 0 Å². The van der Waals surface area contributed by atoms with Crippen LogP contribution >= 0.6 is 0 Å². The second-order valence-corrected chi connectivity index (χ2v) is 5.74. The molecule has 116 valence electrons. The molecule has 1 aliphatic carbocycles. The largest absolute Gasteiger partial charge is 0.378 e. The number of aromatic nitrogens is 1. The van der Waals surface area contributed by atoms with Crippen molar-refractivity contribution in [3.05, 3.63) is 30.1 Å². The number of amides is 1. The molecule has 1 fully saturated rings. The minimum absolute atomic E-state index is 0.147. The maximum absolute atomic E-state index is 12.6. The van der Waals surface area contributed by atoms with Gasteiger partial charge in [0.2, 0.25) is 5.91 Å². The molecule has 0 aromatic carbocycles. The molecule has 1 aromatic heterocycles. The Morgan fingerprint density at radius 1 is 1.52 bits per heavy atom. The molecule has 0 spiro atoms. The Hall–Kier alpha value is -1.46. The molecule has 5 heteroatoms. The SMILES string of the molecule is COC1(CC(=O)N(CCCN)Cc2cccnc2)CCC1. The van der Waals surface area contributed by atoms with Gasteiger partial charge in [0.05, 0.1) is 12.0 Å². The molecule has 0 radical (unpaired) electrons. The third-order valence-corrected chi connectivity index (χ3v) is 4.25. The van der Waals surface area contributed by atoms with Gasteiger partial charge >= 0.3 is 0 Å². The standard InChI is InChI=1S/C16H25N3O2/c1-21-16(6-3-7-16)11-15(20)19(10-4-8-17)13-14-5-2-9-18-12-14/h2,5,9,12H,3-4,6-8,10-11,13,17H2,1H3. The summed E-state index contributed by atoms with van der Waals surface area (Å²) in [6.45, 7) is 1.86. The van der Waals surface area contributed by atoms with Gasteiger partial charge in [-0.1, -0.05) is 6.07 Å². The number of carbonyl (C=O) groups excluding carboxylic acids is 1. The molecule has 0 bridgehead atoms. The number of nitrogens with zero attached hydrogens (tertiary/aromatic N) is 2. The predicted octanol–water partition coefficient (Wildman–Crippen LogP) is 1.72. The van der Waals surface area contributed by atoms with Crippen molar-refractivity contribution in [1.82, 2.24) is 9.88 Å². The van der Waals surface area contributed by atoms with Crippen molar-refractivity contribution in [3.8, 4) is 0 Å². The van der Waals surface area contributed by atoms with E-state index in [0.29, 0.717) is 26.1 Å². The smallest absolute Gasteiger partial charge is 0.225 e. The van der Waals surface area contributed by atoms with E-state index in [-0.39, 0.29) is 11.5 Å². The van der Waals surface area contributed by atoms with Crippen LogP contribution in [0.4, 0.5) is 0 Å². The summed E-state index contributed by atoms with van der Waals surface area (Å²) >= 11 is 0. The van der Waals surface area contributed by atoms with E-state index in [9.17, 15) is 4.79 Å². The highest BCUT2D eigenvalue weighted by Crippen LogP contribution is 2.38. The van der Waals surface area contributed by atoms with Gasteiger partial charge in [0, 0.05) is 32.6 Å². The summed E-state index contributed by atoms with van der Waals surface area (Å²) in [5.74, 6) is 0.147. The second-order valence-electron chi connectivity index (χ2n) is 5.74. The molecule has 1 amide bonds. The lowest BCUT2D eigenvalue weighted by Gasteiger charge is -2.41. The number of rotatable bonds is 8. The molecule has 0 atom stereocenters. The fraction of sp³-hybridized carbons (Fsp3) is 0.625. The van der Waals surface area contributed by atoms with Gasteiger partial charge in [-0.25, -0.2) is 0 Å². The van der Waals surface area contributed by atoms with Crippen molar-refractivity contribution in [2.45, 2.75) is 44.2 Å². The fourth-order valence-electron chi connectivity index (χ4n) is 2.70. The predicted molar refractivity (Wildman–Crippen MR) is 81.5 cm³/mol. The Balaban J connectivity index is 1.99. The van der Waals surface area contributed by atoms with Gasteiger partial charge in [0.25, 0.3) is 0 Å². The minimum atomic E-state index is -0.229. The van der Waals surface area contributed by atoms with E-state index in [2.05, 4.69) is 4.98 Å². The number of nitrogens with two attached hydrogens (primary N) is 1. The van der Waals surface area contributed by atoms with Crippen molar-refractivity contribution in [2.24, 2.45) is 5.73 Å². The second kappa shape index (κ2) is 7.52. The molecule has 5 nitrogen and oxygen atoms in total. The molecule has 1 saturated carbocycles. The molecule has 0 aliphatic heterocycles. The lowest BCUT2D eigenvalue weighted by Crippen LogP contribution is -2.45. The quantitative estimate of drug-likeness (QED) is 0.792. The first-order valence-corrected chi connectivity index (χ1v) is 7.61. The molecular weight excluding hydrogens is 266 g/mol. The highest BCUT2D eigenvalue weighted by molar-refractivity contribution is 5.77. The van der Waals surface area contributed by atoms with Crippen LogP contribution in [-0.2, 0) is 16.1 Å². The number of ether oxygens (including phenoxy) is 1. The van der Waals surface area contributed by atoms with Gasteiger partial charge in [-0.3, -0.25) is 9.78 Å². The summed E-state index contributed by atoms with van der Waals surface area (Å²) in [5.41, 5.74) is 6.40. The molecule has 1 heterocycles. The van der Waals surface area contributed by atoms with Crippen LogP contribution in [-0.4, -0.2) is 41.6 Å². The normalized spacial score (nSPS) is 16.3. The van der Waals surface area contributed by atoms with E-state index in [4.69, 9.17) is 10.5 Å². The number of pyridine rings is 1. The first kappa shape index (κ1) is 15.9. The van der Waals surface area contributed by atoms with Crippen LogP contribution < -0.4 is 5.73 Å². The summed E-state index contributed by atoms with van der Waals surface area (Å²) < 4.78 is 5.56. The Morgan fingerprint density at radius 3 is 2.86 bits per heavy atom. The maximum Gasteiger partial charge on any atom is 0.225 e.